The molecule has 0 saturated heterocycles. The van der Waals surface area contributed by atoms with E-state index in [4.69, 9.17) is 0 Å². The van der Waals surface area contributed by atoms with Gasteiger partial charge < -0.3 is 0 Å². The first-order valence-corrected chi connectivity index (χ1v) is 5.33. The van der Waals surface area contributed by atoms with Crippen molar-refractivity contribution < 1.29 is 19.5 Å². The molecule has 0 N–H and O–H groups in total. The highest BCUT2D eigenvalue weighted by molar-refractivity contribution is 6.52. The summed E-state index contributed by atoms with van der Waals surface area (Å²) in [6, 6.07) is 3.34. The molecule has 1 aromatic rings. The second-order valence-corrected chi connectivity index (χ2v) is 4.06. The van der Waals surface area contributed by atoms with Gasteiger partial charge in [0.1, 0.15) is 0 Å². The number of hydrogen-bond acceptors (Lipinski definition) is 6. The number of hydrogen-bond donors (Lipinski definition) is 0. The summed E-state index contributed by atoms with van der Waals surface area (Å²) in [6.07, 6.45) is 0. The van der Waals surface area contributed by atoms with Crippen molar-refractivity contribution in [2.24, 2.45) is 0 Å². The molecular formula is C10H8N4O6. The van der Waals surface area contributed by atoms with Gasteiger partial charge in [-0.3, -0.25) is 24.6 Å². The molecule has 1 heterocycles. The second-order valence-electron chi connectivity index (χ2n) is 4.06. The molecule has 0 unspecified atom stereocenters. The van der Waals surface area contributed by atoms with E-state index in [0.29, 0.717) is 5.01 Å². The predicted molar refractivity (Wildman–Crippen MR) is 64.5 cm³/mol. The van der Waals surface area contributed by atoms with Crippen molar-refractivity contribution >= 4 is 23.1 Å². The van der Waals surface area contributed by atoms with Crippen molar-refractivity contribution in [3.8, 4) is 0 Å². The van der Waals surface area contributed by atoms with Crippen LogP contribution in [0.3, 0.4) is 0 Å². The third-order valence-corrected chi connectivity index (χ3v) is 2.79. The smallest absolute Gasteiger partial charge is 0.283 e. The van der Waals surface area contributed by atoms with Gasteiger partial charge in [-0.2, -0.15) is 0 Å². The standard InChI is InChI=1S/C10H8N4O6/c1-11(14(19)20)5-12-8-3-2-6(13(17)18)4-7(8)9(15)10(12)16/h2-4H,5H2,1H3. The van der Waals surface area contributed by atoms with Crippen LogP contribution >= 0.6 is 0 Å². The Morgan fingerprint density at radius 1 is 1.25 bits per heavy atom. The molecule has 0 bridgehead atoms. The largest absolute Gasteiger partial charge is 0.301 e. The number of nitrogens with zero attached hydrogens (tertiary/aromatic N) is 4. The van der Waals surface area contributed by atoms with Gasteiger partial charge in [-0.1, -0.05) is 0 Å². The maximum atomic E-state index is 11.8. The van der Waals surface area contributed by atoms with Crippen molar-refractivity contribution in [3.63, 3.8) is 0 Å². The van der Waals surface area contributed by atoms with Crippen molar-refractivity contribution in [3.05, 3.63) is 44.0 Å². The number of carbonyl (C=O) groups is 2. The second kappa shape index (κ2) is 4.57. The molecule has 2 rings (SSSR count). The number of nitro benzene ring substituents is 1. The quantitative estimate of drug-likeness (QED) is 0.438. The summed E-state index contributed by atoms with van der Waals surface area (Å²) in [6.45, 7) is -0.428. The minimum atomic E-state index is -0.950. The first-order chi connectivity index (χ1) is 9.32. The van der Waals surface area contributed by atoms with Gasteiger partial charge in [0.05, 0.1) is 23.2 Å². The molecule has 1 aromatic carbocycles. The van der Waals surface area contributed by atoms with Crippen molar-refractivity contribution in [2.45, 2.75) is 0 Å². The lowest BCUT2D eigenvalue weighted by Crippen LogP contribution is -2.41. The van der Waals surface area contributed by atoms with Crippen molar-refractivity contribution in [2.75, 3.05) is 18.6 Å². The number of non-ortho nitro benzene ring substituents is 1. The summed E-state index contributed by atoms with van der Waals surface area (Å²) in [4.78, 5) is 44.9. The molecule has 0 aromatic heterocycles. The number of rotatable bonds is 4. The van der Waals surface area contributed by atoms with Gasteiger partial charge >= 0.3 is 5.91 Å². The molecule has 10 nitrogen and oxygen atoms in total. The number of anilines is 1. The Morgan fingerprint density at radius 2 is 1.90 bits per heavy atom. The fourth-order valence-electron chi connectivity index (χ4n) is 1.80. The molecular weight excluding hydrogens is 272 g/mol. The molecule has 10 heteroatoms. The van der Waals surface area contributed by atoms with Gasteiger partial charge in [-0.05, 0) is 6.07 Å². The zero-order valence-corrected chi connectivity index (χ0v) is 10.2. The van der Waals surface area contributed by atoms with E-state index >= 15 is 0 Å². The number of Topliss-reactive ketones (excluding diaryl/α,β-unsaturated/α-hetero) is 1. The zero-order chi connectivity index (χ0) is 15.0. The molecule has 0 saturated carbocycles. The Hall–Kier alpha value is -3.04. The van der Waals surface area contributed by atoms with Gasteiger partial charge in [0, 0.05) is 12.1 Å². The van der Waals surface area contributed by atoms with Crippen LogP contribution < -0.4 is 4.90 Å². The van der Waals surface area contributed by atoms with Gasteiger partial charge in [0.15, 0.2) is 11.7 Å². The summed E-state index contributed by atoms with van der Waals surface area (Å²) in [5.41, 5.74) is -0.324. The van der Waals surface area contributed by atoms with Gasteiger partial charge in [0.25, 0.3) is 11.5 Å². The average Bonchev–Trinajstić information content (AvgIpc) is 2.63. The van der Waals surface area contributed by atoms with E-state index in [1.807, 2.05) is 0 Å². The number of hydrazine groups is 1. The van der Waals surface area contributed by atoms with Gasteiger partial charge in [-0.25, -0.2) is 10.1 Å². The lowest BCUT2D eigenvalue weighted by atomic mass is 10.1. The summed E-state index contributed by atoms with van der Waals surface area (Å²) in [5, 5.41) is 21.1. The normalized spacial score (nSPS) is 13.3. The molecule has 20 heavy (non-hydrogen) atoms. The third kappa shape index (κ3) is 2.02. The maximum absolute atomic E-state index is 11.8. The zero-order valence-electron chi connectivity index (χ0n) is 10.2. The Kier molecular flexibility index (Phi) is 3.06. The Balaban J connectivity index is 2.41. The number of fused-ring (bicyclic) bond motifs is 1. The molecule has 1 amide bonds. The lowest BCUT2D eigenvalue weighted by molar-refractivity contribution is -0.648. The minimum Gasteiger partial charge on any atom is -0.283 e. The van der Waals surface area contributed by atoms with Crippen molar-refractivity contribution in [1.29, 1.82) is 0 Å². The topological polar surface area (TPSA) is 127 Å². The fourth-order valence-corrected chi connectivity index (χ4v) is 1.80. The molecule has 0 aliphatic carbocycles. The first kappa shape index (κ1) is 13.4. The SMILES string of the molecule is CN(CN1C(=O)C(=O)c2cc([N+](=O)[O-])ccc21)[N+](=O)[O-]. The number of benzene rings is 1. The van der Waals surface area contributed by atoms with Crippen LogP contribution in [0.4, 0.5) is 11.4 Å². The number of ketones is 1. The first-order valence-electron chi connectivity index (χ1n) is 5.33. The monoisotopic (exact) mass is 280 g/mol. The fraction of sp³-hybridized carbons (Fsp3) is 0.200. The van der Waals surface area contributed by atoms with Gasteiger partial charge in [-0.15, -0.1) is 5.01 Å². The predicted octanol–water partition coefficient (Wildman–Crippen LogP) is 0.205. The minimum absolute atomic E-state index is 0.124. The lowest BCUT2D eigenvalue weighted by Gasteiger charge is -2.18. The van der Waals surface area contributed by atoms with Crippen LogP contribution in [0.1, 0.15) is 10.4 Å². The van der Waals surface area contributed by atoms with E-state index in [0.717, 1.165) is 24.1 Å². The van der Waals surface area contributed by atoms with E-state index in [9.17, 15) is 29.8 Å². The summed E-state index contributed by atoms with van der Waals surface area (Å²) >= 11 is 0. The van der Waals surface area contributed by atoms with Crippen LogP contribution in [0.15, 0.2) is 18.2 Å². The Bertz CT molecular complexity index is 643. The van der Waals surface area contributed by atoms with Crippen LogP contribution in [0, 0.1) is 20.2 Å². The van der Waals surface area contributed by atoms with Crippen LogP contribution in [0.25, 0.3) is 0 Å². The maximum Gasteiger partial charge on any atom is 0.301 e. The highest BCUT2D eigenvalue weighted by Gasteiger charge is 2.38. The van der Waals surface area contributed by atoms with Crippen LogP contribution in [0.2, 0.25) is 0 Å². The van der Waals surface area contributed by atoms with E-state index in [-0.39, 0.29) is 16.9 Å². The Morgan fingerprint density at radius 3 is 2.45 bits per heavy atom. The molecule has 1 aliphatic rings. The third-order valence-electron chi connectivity index (χ3n) is 2.79. The summed E-state index contributed by atoms with van der Waals surface area (Å²) < 4.78 is 0. The Labute approximate surface area is 111 Å². The summed E-state index contributed by atoms with van der Waals surface area (Å²) in [5.74, 6) is -1.87. The number of carbonyl (C=O) groups excluding carboxylic acids is 2. The van der Waals surface area contributed by atoms with E-state index in [1.54, 1.807) is 0 Å². The number of amides is 1. The van der Waals surface area contributed by atoms with Crippen LogP contribution in [-0.4, -0.2) is 40.4 Å². The summed E-state index contributed by atoms with van der Waals surface area (Å²) in [7, 11) is 1.14. The average molecular weight is 280 g/mol. The van der Waals surface area contributed by atoms with E-state index in [2.05, 4.69) is 0 Å². The number of nitro groups is 2. The molecule has 0 radical (unpaired) electrons. The van der Waals surface area contributed by atoms with E-state index < -0.39 is 28.3 Å². The van der Waals surface area contributed by atoms with E-state index in [1.165, 1.54) is 6.07 Å². The highest BCUT2D eigenvalue weighted by Crippen LogP contribution is 2.31. The highest BCUT2D eigenvalue weighted by atomic mass is 16.7. The molecule has 104 valence electrons. The van der Waals surface area contributed by atoms with Crippen LogP contribution in [-0.2, 0) is 4.79 Å². The molecule has 1 aliphatic heterocycles. The van der Waals surface area contributed by atoms with Gasteiger partial charge in [0.2, 0.25) is 0 Å². The molecule has 0 fully saturated rings. The van der Waals surface area contributed by atoms with Crippen molar-refractivity contribution in [1.82, 2.24) is 5.01 Å². The van der Waals surface area contributed by atoms with Crippen LogP contribution in [0.5, 0.6) is 0 Å². The molecule has 0 atom stereocenters. The molecule has 0 spiro atoms.